The standard InChI is InChI=1S/C23H23F3N2O4/c1-22(2,3)32-21(31)27-16(12-14-7-6-8-15(11-14)23(24,25)26)13-28-19(29)17-9-4-5-10-18(17)20(28)30/h4-11,16H,12-13H2,1-3H3,(H,27,31)/t16-/m0/s1. The highest BCUT2D eigenvalue weighted by molar-refractivity contribution is 6.21. The highest BCUT2D eigenvalue weighted by Crippen LogP contribution is 2.30. The summed E-state index contributed by atoms with van der Waals surface area (Å²) in [5, 5.41) is 2.59. The van der Waals surface area contributed by atoms with Crippen molar-refractivity contribution in [1.82, 2.24) is 10.2 Å². The van der Waals surface area contributed by atoms with E-state index in [1.54, 1.807) is 32.9 Å². The first kappa shape index (κ1) is 23.3. The minimum Gasteiger partial charge on any atom is -0.444 e. The van der Waals surface area contributed by atoms with E-state index >= 15 is 0 Å². The molecule has 2 aromatic rings. The zero-order valence-corrected chi connectivity index (χ0v) is 17.8. The molecular weight excluding hydrogens is 425 g/mol. The topological polar surface area (TPSA) is 75.7 Å². The quantitative estimate of drug-likeness (QED) is 0.687. The molecule has 9 heteroatoms. The van der Waals surface area contributed by atoms with Crippen LogP contribution in [0.5, 0.6) is 0 Å². The molecule has 0 saturated carbocycles. The van der Waals surface area contributed by atoms with E-state index in [0.717, 1.165) is 17.0 Å². The number of nitrogens with one attached hydrogen (secondary N) is 1. The van der Waals surface area contributed by atoms with Crippen molar-refractivity contribution in [3.8, 4) is 0 Å². The van der Waals surface area contributed by atoms with Crippen molar-refractivity contribution in [2.45, 2.75) is 45.0 Å². The first-order valence-electron chi connectivity index (χ1n) is 9.96. The van der Waals surface area contributed by atoms with Crippen LogP contribution in [0.15, 0.2) is 48.5 Å². The van der Waals surface area contributed by atoms with Crippen LogP contribution < -0.4 is 5.32 Å². The molecule has 1 atom stereocenters. The third kappa shape index (κ3) is 5.46. The number of alkyl carbamates (subject to hydrolysis) is 1. The van der Waals surface area contributed by atoms with Crippen LogP contribution in [0, 0.1) is 0 Å². The van der Waals surface area contributed by atoms with Gasteiger partial charge < -0.3 is 10.1 Å². The molecule has 1 heterocycles. The summed E-state index contributed by atoms with van der Waals surface area (Å²) in [6.07, 6.45) is -5.37. The maximum Gasteiger partial charge on any atom is 0.416 e. The first-order valence-corrected chi connectivity index (χ1v) is 9.96. The van der Waals surface area contributed by atoms with Crippen LogP contribution >= 0.6 is 0 Å². The van der Waals surface area contributed by atoms with Crippen molar-refractivity contribution >= 4 is 17.9 Å². The second-order valence-corrected chi connectivity index (χ2v) is 8.51. The summed E-state index contributed by atoms with van der Waals surface area (Å²) in [7, 11) is 0. The summed E-state index contributed by atoms with van der Waals surface area (Å²) in [5.41, 5.74) is -0.857. The van der Waals surface area contributed by atoms with Crippen molar-refractivity contribution in [3.63, 3.8) is 0 Å². The van der Waals surface area contributed by atoms with E-state index in [-0.39, 0.29) is 29.7 Å². The lowest BCUT2D eigenvalue weighted by atomic mass is 10.0. The number of imide groups is 1. The van der Waals surface area contributed by atoms with Gasteiger partial charge in [0.2, 0.25) is 0 Å². The fourth-order valence-electron chi connectivity index (χ4n) is 3.42. The number of ether oxygens (including phenoxy) is 1. The monoisotopic (exact) mass is 448 g/mol. The van der Waals surface area contributed by atoms with Crippen LogP contribution in [0.1, 0.15) is 52.6 Å². The van der Waals surface area contributed by atoms with Crippen LogP contribution in [-0.4, -0.2) is 41.0 Å². The Labute approximate surface area is 183 Å². The van der Waals surface area contributed by atoms with Gasteiger partial charge in [0, 0.05) is 0 Å². The number of hydrogen-bond donors (Lipinski definition) is 1. The number of amides is 3. The fourth-order valence-corrected chi connectivity index (χ4v) is 3.42. The van der Waals surface area contributed by atoms with Crippen molar-refractivity contribution in [1.29, 1.82) is 0 Å². The van der Waals surface area contributed by atoms with Gasteiger partial charge in [-0.15, -0.1) is 0 Å². The Morgan fingerprint density at radius 3 is 2.12 bits per heavy atom. The van der Waals surface area contributed by atoms with E-state index in [4.69, 9.17) is 4.74 Å². The minimum absolute atomic E-state index is 0.0451. The molecule has 1 N–H and O–H groups in total. The number of halogens is 3. The zero-order chi connectivity index (χ0) is 23.7. The average Bonchev–Trinajstić information content (AvgIpc) is 2.91. The molecule has 3 amide bonds. The third-order valence-corrected chi connectivity index (χ3v) is 4.74. The molecule has 0 aliphatic carbocycles. The number of fused-ring (bicyclic) bond motifs is 1. The van der Waals surface area contributed by atoms with Gasteiger partial charge in [-0.05, 0) is 51.0 Å². The van der Waals surface area contributed by atoms with Crippen molar-refractivity contribution in [3.05, 3.63) is 70.8 Å². The van der Waals surface area contributed by atoms with E-state index in [9.17, 15) is 27.6 Å². The van der Waals surface area contributed by atoms with Crippen LogP contribution in [0.2, 0.25) is 0 Å². The summed E-state index contributed by atoms with van der Waals surface area (Å²) in [6.45, 7) is 4.78. The Morgan fingerprint density at radius 2 is 1.59 bits per heavy atom. The summed E-state index contributed by atoms with van der Waals surface area (Å²) < 4.78 is 44.5. The predicted molar refractivity (Wildman–Crippen MR) is 110 cm³/mol. The number of carbonyl (C=O) groups is 3. The number of rotatable bonds is 5. The SMILES string of the molecule is CC(C)(C)OC(=O)N[C@@H](Cc1cccc(C(F)(F)F)c1)CN1C(=O)c2ccccc2C1=O. The Kier molecular flexibility index (Phi) is 6.29. The van der Waals surface area contributed by atoms with Crippen LogP contribution in [-0.2, 0) is 17.3 Å². The zero-order valence-electron chi connectivity index (χ0n) is 17.8. The lowest BCUT2D eigenvalue weighted by Crippen LogP contribution is -2.48. The van der Waals surface area contributed by atoms with Crippen molar-refractivity contribution in [2.24, 2.45) is 0 Å². The number of alkyl halides is 3. The third-order valence-electron chi connectivity index (χ3n) is 4.74. The summed E-state index contributed by atoms with van der Waals surface area (Å²) in [4.78, 5) is 38.7. The number of benzene rings is 2. The second kappa shape index (κ2) is 8.64. The van der Waals surface area contributed by atoms with E-state index < -0.39 is 41.3 Å². The van der Waals surface area contributed by atoms with Crippen LogP contribution in [0.3, 0.4) is 0 Å². The highest BCUT2D eigenvalue weighted by atomic mass is 19.4. The highest BCUT2D eigenvalue weighted by Gasteiger charge is 2.37. The molecule has 0 aromatic heterocycles. The van der Waals surface area contributed by atoms with E-state index in [0.29, 0.717) is 0 Å². The molecule has 32 heavy (non-hydrogen) atoms. The molecule has 0 radical (unpaired) electrons. The molecule has 170 valence electrons. The van der Waals surface area contributed by atoms with Gasteiger partial charge in [-0.1, -0.05) is 30.3 Å². The van der Waals surface area contributed by atoms with E-state index in [1.807, 2.05) is 0 Å². The number of carbonyl (C=O) groups excluding carboxylic acids is 3. The van der Waals surface area contributed by atoms with Crippen LogP contribution in [0.25, 0.3) is 0 Å². The van der Waals surface area contributed by atoms with Gasteiger partial charge in [-0.3, -0.25) is 14.5 Å². The van der Waals surface area contributed by atoms with Gasteiger partial charge >= 0.3 is 12.3 Å². The molecule has 6 nitrogen and oxygen atoms in total. The van der Waals surface area contributed by atoms with Gasteiger partial charge in [0.15, 0.2) is 0 Å². The first-order chi connectivity index (χ1) is 14.8. The predicted octanol–water partition coefficient (Wildman–Crippen LogP) is 4.44. The summed E-state index contributed by atoms with van der Waals surface area (Å²) in [6, 6.07) is 10.1. The molecule has 0 fully saturated rings. The van der Waals surface area contributed by atoms with Gasteiger partial charge in [-0.25, -0.2) is 4.79 Å². The Morgan fingerprint density at radius 1 is 1.00 bits per heavy atom. The Hall–Kier alpha value is -3.36. The lowest BCUT2D eigenvalue weighted by Gasteiger charge is -2.26. The minimum atomic E-state index is -4.52. The van der Waals surface area contributed by atoms with Gasteiger partial charge in [0.25, 0.3) is 11.8 Å². The molecule has 1 aliphatic heterocycles. The molecule has 0 spiro atoms. The molecule has 0 bridgehead atoms. The van der Waals surface area contributed by atoms with Crippen molar-refractivity contribution < 1.29 is 32.3 Å². The summed E-state index contributed by atoms with van der Waals surface area (Å²) >= 11 is 0. The number of nitrogens with zero attached hydrogens (tertiary/aromatic N) is 1. The van der Waals surface area contributed by atoms with E-state index in [2.05, 4.69) is 5.32 Å². The smallest absolute Gasteiger partial charge is 0.416 e. The average molecular weight is 448 g/mol. The van der Waals surface area contributed by atoms with Gasteiger partial charge in [0.05, 0.1) is 29.3 Å². The normalized spacial score (nSPS) is 14.9. The molecule has 2 aromatic carbocycles. The Balaban J connectivity index is 1.84. The summed E-state index contributed by atoms with van der Waals surface area (Å²) in [5.74, 6) is -1.05. The van der Waals surface area contributed by atoms with Gasteiger partial charge in [0.1, 0.15) is 5.60 Å². The maximum atomic E-state index is 13.1. The largest absolute Gasteiger partial charge is 0.444 e. The maximum absolute atomic E-state index is 13.1. The fraction of sp³-hybridized carbons (Fsp3) is 0.348. The number of hydrogen-bond acceptors (Lipinski definition) is 4. The lowest BCUT2D eigenvalue weighted by molar-refractivity contribution is -0.137. The second-order valence-electron chi connectivity index (χ2n) is 8.51. The Bertz CT molecular complexity index is 1010. The molecule has 3 rings (SSSR count). The molecule has 0 unspecified atom stereocenters. The molecule has 0 saturated heterocycles. The van der Waals surface area contributed by atoms with E-state index in [1.165, 1.54) is 24.3 Å². The molecular formula is C23H23F3N2O4. The van der Waals surface area contributed by atoms with Gasteiger partial charge in [-0.2, -0.15) is 13.2 Å². The molecule has 1 aliphatic rings. The van der Waals surface area contributed by atoms with Crippen molar-refractivity contribution in [2.75, 3.05) is 6.54 Å². The van der Waals surface area contributed by atoms with Crippen LogP contribution in [0.4, 0.5) is 18.0 Å².